The number of hydrogen-bond donors (Lipinski definition) is 0. The third-order valence-corrected chi connectivity index (χ3v) is 3.73. The Morgan fingerprint density at radius 3 is 2.67 bits per heavy atom. The number of ether oxygens (including phenoxy) is 2. The second-order valence-electron chi connectivity index (χ2n) is 4.77. The van der Waals surface area contributed by atoms with E-state index in [4.69, 9.17) is 21.1 Å². The maximum atomic E-state index is 5.99. The van der Waals surface area contributed by atoms with Gasteiger partial charge in [0, 0.05) is 5.56 Å². The Morgan fingerprint density at radius 1 is 1.22 bits per heavy atom. The van der Waals surface area contributed by atoms with Crippen LogP contribution in [0.2, 0.25) is 0 Å². The normalized spacial score (nSPS) is 15.9. The average molecular weight is 269 g/mol. The minimum atomic E-state index is 0.459. The van der Waals surface area contributed by atoms with Crippen LogP contribution in [0.1, 0.15) is 38.2 Å². The summed E-state index contributed by atoms with van der Waals surface area (Å²) in [5.74, 6) is 2.80. The number of benzene rings is 1. The largest absolute Gasteiger partial charge is 0.490 e. The van der Waals surface area contributed by atoms with E-state index in [-0.39, 0.29) is 0 Å². The van der Waals surface area contributed by atoms with E-state index < -0.39 is 0 Å². The third kappa shape index (κ3) is 3.32. The van der Waals surface area contributed by atoms with Gasteiger partial charge in [0.1, 0.15) is 0 Å². The molecule has 0 saturated heterocycles. The van der Waals surface area contributed by atoms with Crippen molar-refractivity contribution >= 4 is 11.6 Å². The van der Waals surface area contributed by atoms with Crippen molar-refractivity contribution in [2.24, 2.45) is 5.92 Å². The molecule has 1 saturated carbocycles. The zero-order valence-corrected chi connectivity index (χ0v) is 11.7. The van der Waals surface area contributed by atoms with E-state index in [0.29, 0.717) is 18.4 Å². The number of rotatable bonds is 6. The van der Waals surface area contributed by atoms with Crippen LogP contribution in [-0.4, -0.2) is 13.2 Å². The first-order valence-corrected chi connectivity index (χ1v) is 7.32. The van der Waals surface area contributed by atoms with Crippen molar-refractivity contribution < 1.29 is 9.47 Å². The number of alkyl halides is 1. The van der Waals surface area contributed by atoms with Gasteiger partial charge in [-0.05, 0) is 31.7 Å². The summed E-state index contributed by atoms with van der Waals surface area (Å²) in [5, 5.41) is 0. The molecule has 100 valence electrons. The summed E-state index contributed by atoms with van der Waals surface area (Å²) in [5.41, 5.74) is 1.01. The Balaban J connectivity index is 2.07. The summed E-state index contributed by atoms with van der Waals surface area (Å²) in [6, 6.07) is 5.91. The van der Waals surface area contributed by atoms with Gasteiger partial charge in [0.25, 0.3) is 0 Å². The molecule has 1 aromatic carbocycles. The summed E-state index contributed by atoms with van der Waals surface area (Å²) >= 11 is 5.96. The highest BCUT2D eigenvalue weighted by molar-refractivity contribution is 6.17. The van der Waals surface area contributed by atoms with Gasteiger partial charge in [0.2, 0.25) is 0 Å². The molecule has 0 unspecified atom stereocenters. The Kier molecular flexibility index (Phi) is 5.18. The summed E-state index contributed by atoms with van der Waals surface area (Å²) in [6.45, 7) is 3.41. The molecule has 0 aliphatic heterocycles. The monoisotopic (exact) mass is 268 g/mol. The number of hydrogen-bond acceptors (Lipinski definition) is 2. The molecule has 2 nitrogen and oxygen atoms in total. The van der Waals surface area contributed by atoms with Crippen LogP contribution in [0.25, 0.3) is 0 Å². The minimum absolute atomic E-state index is 0.459. The molecular formula is C15H21ClO2. The summed E-state index contributed by atoms with van der Waals surface area (Å²) in [7, 11) is 0. The average Bonchev–Trinajstić information content (AvgIpc) is 2.90. The molecule has 2 rings (SSSR count). The molecule has 1 fully saturated rings. The zero-order chi connectivity index (χ0) is 12.8. The molecule has 1 aromatic rings. The Bertz CT molecular complexity index is 373. The SMILES string of the molecule is CCOc1cccc(CCl)c1OCC1CCCC1. The lowest BCUT2D eigenvalue weighted by Gasteiger charge is -2.17. The molecule has 1 aliphatic rings. The summed E-state index contributed by atoms with van der Waals surface area (Å²) < 4.78 is 11.6. The van der Waals surface area contributed by atoms with Gasteiger partial charge in [-0.1, -0.05) is 25.0 Å². The first kappa shape index (κ1) is 13.5. The first-order valence-electron chi connectivity index (χ1n) is 6.78. The molecule has 0 radical (unpaired) electrons. The van der Waals surface area contributed by atoms with Gasteiger partial charge in [0.05, 0.1) is 19.1 Å². The number of halogens is 1. The second kappa shape index (κ2) is 6.89. The highest BCUT2D eigenvalue weighted by Gasteiger charge is 2.17. The summed E-state index contributed by atoms with van der Waals surface area (Å²) in [6.07, 6.45) is 5.24. The Hall–Kier alpha value is -0.890. The van der Waals surface area contributed by atoms with Crippen LogP contribution in [0.5, 0.6) is 11.5 Å². The molecule has 0 spiro atoms. The lowest BCUT2D eigenvalue weighted by atomic mass is 10.1. The lowest BCUT2D eigenvalue weighted by molar-refractivity contribution is 0.232. The third-order valence-electron chi connectivity index (χ3n) is 3.44. The molecule has 18 heavy (non-hydrogen) atoms. The molecule has 0 atom stereocenters. The van der Waals surface area contributed by atoms with Crippen molar-refractivity contribution in [1.29, 1.82) is 0 Å². The summed E-state index contributed by atoms with van der Waals surface area (Å²) in [4.78, 5) is 0. The van der Waals surface area contributed by atoms with E-state index in [1.165, 1.54) is 25.7 Å². The second-order valence-corrected chi connectivity index (χ2v) is 5.04. The van der Waals surface area contributed by atoms with Gasteiger partial charge in [-0.15, -0.1) is 11.6 Å². The quantitative estimate of drug-likeness (QED) is 0.712. The fourth-order valence-corrected chi connectivity index (χ4v) is 2.69. The van der Waals surface area contributed by atoms with Gasteiger partial charge in [-0.25, -0.2) is 0 Å². The molecular weight excluding hydrogens is 248 g/mol. The minimum Gasteiger partial charge on any atom is -0.490 e. The standard InChI is InChI=1S/C15H21ClO2/c1-2-17-14-9-5-8-13(10-16)15(14)18-11-12-6-3-4-7-12/h5,8-9,12H,2-4,6-7,10-11H2,1H3. The van der Waals surface area contributed by atoms with E-state index >= 15 is 0 Å². The zero-order valence-electron chi connectivity index (χ0n) is 11.0. The van der Waals surface area contributed by atoms with Gasteiger partial charge in [0.15, 0.2) is 11.5 Å². The molecule has 0 bridgehead atoms. The van der Waals surface area contributed by atoms with Crippen molar-refractivity contribution in [2.75, 3.05) is 13.2 Å². The van der Waals surface area contributed by atoms with E-state index in [9.17, 15) is 0 Å². The molecule has 0 N–H and O–H groups in total. The highest BCUT2D eigenvalue weighted by Crippen LogP contribution is 2.34. The van der Waals surface area contributed by atoms with Crippen LogP contribution in [0, 0.1) is 5.92 Å². The van der Waals surface area contributed by atoms with Gasteiger partial charge in [-0.3, -0.25) is 0 Å². The predicted octanol–water partition coefficient (Wildman–Crippen LogP) is 4.39. The van der Waals surface area contributed by atoms with Crippen LogP contribution >= 0.6 is 11.6 Å². The smallest absolute Gasteiger partial charge is 0.165 e. The maximum Gasteiger partial charge on any atom is 0.165 e. The predicted molar refractivity (Wildman–Crippen MR) is 74.6 cm³/mol. The van der Waals surface area contributed by atoms with Gasteiger partial charge in [-0.2, -0.15) is 0 Å². The van der Waals surface area contributed by atoms with Crippen LogP contribution in [0.15, 0.2) is 18.2 Å². The molecule has 0 amide bonds. The Labute approximate surface area is 114 Å². The lowest BCUT2D eigenvalue weighted by Crippen LogP contribution is -2.10. The number of para-hydroxylation sites is 1. The fourth-order valence-electron chi connectivity index (χ4n) is 2.48. The van der Waals surface area contributed by atoms with Crippen molar-refractivity contribution in [3.05, 3.63) is 23.8 Å². The fraction of sp³-hybridized carbons (Fsp3) is 0.600. The maximum absolute atomic E-state index is 5.99. The van der Waals surface area contributed by atoms with Crippen molar-refractivity contribution in [2.45, 2.75) is 38.5 Å². The van der Waals surface area contributed by atoms with Crippen molar-refractivity contribution in [3.8, 4) is 11.5 Å². The molecule has 1 aliphatic carbocycles. The van der Waals surface area contributed by atoms with Crippen molar-refractivity contribution in [3.63, 3.8) is 0 Å². The topological polar surface area (TPSA) is 18.5 Å². The van der Waals surface area contributed by atoms with Gasteiger partial charge < -0.3 is 9.47 Å². The van der Waals surface area contributed by atoms with E-state index in [1.54, 1.807) is 0 Å². The van der Waals surface area contributed by atoms with E-state index in [1.807, 2.05) is 25.1 Å². The molecule has 3 heteroatoms. The van der Waals surface area contributed by atoms with Gasteiger partial charge >= 0.3 is 0 Å². The van der Waals surface area contributed by atoms with Crippen LogP contribution in [0.3, 0.4) is 0 Å². The molecule has 0 aromatic heterocycles. The first-order chi connectivity index (χ1) is 8.85. The highest BCUT2D eigenvalue weighted by atomic mass is 35.5. The van der Waals surface area contributed by atoms with Crippen LogP contribution < -0.4 is 9.47 Å². The van der Waals surface area contributed by atoms with Crippen LogP contribution in [0.4, 0.5) is 0 Å². The Morgan fingerprint density at radius 2 is 2.00 bits per heavy atom. The van der Waals surface area contributed by atoms with E-state index in [0.717, 1.165) is 23.7 Å². The van der Waals surface area contributed by atoms with Crippen LogP contribution in [-0.2, 0) is 5.88 Å². The van der Waals surface area contributed by atoms with Crippen molar-refractivity contribution in [1.82, 2.24) is 0 Å². The molecule has 0 heterocycles. The van der Waals surface area contributed by atoms with E-state index in [2.05, 4.69) is 0 Å².